The first-order valence-corrected chi connectivity index (χ1v) is 6.22. The summed E-state index contributed by atoms with van der Waals surface area (Å²) in [4.78, 5) is 10.2. The monoisotopic (exact) mass is 264 g/mol. The highest BCUT2D eigenvalue weighted by atomic mass is 16.5. The van der Waals surface area contributed by atoms with E-state index in [0.717, 1.165) is 19.3 Å². The van der Waals surface area contributed by atoms with Gasteiger partial charge in [0.2, 0.25) is 0 Å². The number of rotatable bonds is 12. The Morgan fingerprint density at radius 1 is 0.944 bits per heavy atom. The number of unbranched alkanes of at least 4 members (excludes halogenated alkanes) is 3. The van der Waals surface area contributed by atoms with Crippen molar-refractivity contribution in [1.29, 1.82) is 0 Å². The summed E-state index contributed by atoms with van der Waals surface area (Å²) in [5, 5.41) is 35.6. The molecule has 6 heteroatoms. The van der Waals surface area contributed by atoms with E-state index in [9.17, 15) is 4.79 Å². The van der Waals surface area contributed by atoms with Crippen molar-refractivity contribution in [3.63, 3.8) is 0 Å². The Morgan fingerprint density at radius 3 is 2.00 bits per heavy atom. The van der Waals surface area contributed by atoms with Crippen LogP contribution < -0.4 is 0 Å². The minimum Gasteiger partial charge on any atom is -0.481 e. The van der Waals surface area contributed by atoms with Crippen LogP contribution in [-0.2, 0) is 9.53 Å². The van der Waals surface area contributed by atoms with Gasteiger partial charge in [-0.3, -0.25) is 4.79 Å². The lowest BCUT2D eigenvalue weighted by Gasteiger charge is -2.26. The number of aliphatic hydroxyl groups is 3. The number of carboxylic acid groups (broad SMARTS) is 1. The molecule has 0 saturated heterocycles. The molecular weight excluding hydrogens is 240 g/mol. The van der Waals surface area contributed by atoms with Crippen molar-refractivity contribution in [3.8, 4) is 0 Å². The zero-order chi connectivity index (χ0) is 13.9. The van der Waals surface area contributed by atoms with Gasteiger partial charge in [0.05, 0.1) is 31.8 Å². The molecule has 0 aliphatic rings. The predicted molar refractivity (Wildman–Crippen MR) is 65.2 cm³/mol. The summed E-state index contributed by atoms with van der Waals surface area (Å²) in [6.07, 6.45) is 3.41. The van der Waals surface area contributed by atoms with Gasteiger partial charge in [-0.05, 0) is 12.8 Å². The van der Waals surface area contributed by atoms with Crippen LogP contribution >= 0.6 is 0 Å². The second kappa shape index (κ2) is 10.3. The molecule has 0 bridgehead atoms. The molecule has 0 aromatic rings. The van der Waals surface area contributed by atoms with Gasteiger partial charge >= 0.3 is 5.97 Å². The molecule has 0 fully saturated rings. The topological polar surface area (TPSA) is 107 Å². The van der Waals surface area contributed by atoms with Gasteiger partial charge in [-0.2, -0.15) is 0 Å². The van der Waals surface area contributed by atoms with E-state index in [1.54, 1.807) is 0 Å². The molecule has 0 radical (unpaired) electrons. The summed E-state index contributed by atoms with van der Waals surface area (Å²) in [5.74, 6) is -0.773. The van der Waals surface area contributed by atoms with Gasteiger partial charge in [-0.1, -0.05) is 12.8 Å². The molecule has 0 heterocycles. The largest absolute Gasteiger partial charge is 0.481 e. The van der Waals surface area contributed by atoms with Crippen molar-refractivity contribution >= 4 is 5.97 Å². The van der Waals surface area contributed by atoms with Gasteiger partial charge in [-0.25, -0.2) is 0 Å². The van der Waals surface area contributed by atoms with E-state index in [2.05, 4.69) is 0 Å². The van der Waals surface area contributed by atoms with Gasteiger partial charge in [0.1, 0.15) is 0 Å². The second-order valence-corrected chi connectivity index (χ2v) is 4.58. The minimum atomic E-state index is -0.969. The van der Waals surface area contributed by atoms with Crippen molar-refractivity contribution < 1.29 is 30.0 Å². The highest BCUT2D eigenvalue weighted by molar-refractivity contribution is 5.66. The fourth-order valence-corrected chi connectivity index (χ4v) is 1.41. The zero-order valence-electron chi connectivity index (χ0n) is 10.7. The molecule has 18 heavy (non-hydrogen) atoms. The summed E-state index contributed by atoms with van der Waals surface area (Å²) in [5.41, 5.74) is -0.969. The summed E-state index contributed by atoms with van der Waals surface area (Å²) in [6, 6.07) is 0. The van der Waals surface area contributed by atoms with Crippen LogP contribution in [0.5, 0.6) is 0 Å². The molecule has 0 aromatic heterocycles. The average Bonchev–Trinajstić information content (AvgIpc) is 2.38. The number of aliphatic hydroxyl groups excluding tert-OH is 3. The van der Waals surface area contributed by atoms with Crippen LogP contribution in [0.15, 0.2) is 0 Å². The van der Waals surface area contributed by atoms with Gasteiger partial charge in [0.25, 0.3) is 0 Å². The first-order chi connectivity index (χ1) is 8.60. The lowest BCUT2D eigenvalue weighted by Crippen LogP contribution is -2.38. The van der Waals surface area contributed by atoms with Crippen LogP contribution in [0, 0.1) is 5.41 Å². The van der Waals surface area contributed by atoms with Gasteiger partial charge in [0.15, 0.2) is 0 Å². The Hall–Kier alpha value is -0.690. The number of carboxylic acids is 1. The van der Waals surface area contributed by atoms with E-state index < -0.39 is 11.4 Å². The Labute approximate surface area is 107 Å². The lowest BCUT2D eigenvalue weighted by atomic mass is 9.93. The normalized spacial score (nSPS) is 11.7. The van der Waals surface area contributed by atoms with Crippen LogP contribution in [0.2, 0.25) is 0 Å². The van der Waals surface area contributed by atoms with Crippen molar-refractivity contribution in [2.24, 2.45) is 5.41 Å². The van der Waals surface area contributed by atoms with Crippen molar-refractivity contribution in [2.75, 3.05) is 33.0 Å². The van der Waals surface area contributed by atoms with E-state index in [1.165, 1.54) is 0 Å². The maximum absolute atomic E-state index is 10.2. The standard InChI is InChI=1S/C12H24O6/c13-7-12(8-14,9-15)10-18-6-4-2-1-3-5-11(16)17/h13-15H,1-10H2,(H,16,17). The van der Waals surface area contributed by atoms with Crippen LogP contribution in [0.25, 0.3) is 0 Å². The number of hydrogen-bond acceptors (Lipinski definition) is 5. The molecule has 0 saturated carbocycles. The van der Waals surface area contributed by atoms with Crippen molar-refractivity contribution in [1.82, 2.24) is 0 Å². The van der Waals surface area contributed by atoms with E-state index in [0.29, 0.717) is 13.0 Å². The summed E-state index contributed by atoms with van der Waals surface area (Å²) in [6.45, 7) is -0.365. The molecule has 0 unspecified atom stereocenters. The maximum Gasteiger partial charge on any atom is 0.303 e. The highest BCUT2D eigenvalue weighted by Crippen LogP contribution is 2.15. The summed E-state index contributed by atoms with van der Waals surface area (Å²) < 4.78 is 5.30. The van der Waals surface area contributed by atoms with Crippen LogP contribution in [0.4, 0.5) is 0 Å². The third kappa shape index (κ3) is 7.60. The first-order valence-electron chi connectivity index (χ1n) is 6.22. The average molecular weight is 264 g/mol. The smallest absolute Gasteiger partial charge is 0.303 e. The van der Waals surface area contributed by atoms with E-state index >= 15 is 0 Å². The highest BCUT2D eigenvalue weighted by Gasteiger charge is 2.28. The van der Waals surface area contributed by atoms with Crippen LogP contribution in [0.1, 0.15) is 32.1 Å². The lowest BCUT2D eigenvalue weighted by molar-refractivity contribution is -0.137. The molecule has 108 valence electrons. The Kier molecular flexibility index (Phi) is 9.86. The van der Waals surface area contributed by atoms with Gasteiger partial charge in [-0.15, -0.1) is 0 Å². The third-order valence-electron chi connectivity index (χ3n) is 2.84. The number of hydrogen-bond donors (Lipinski definition) is 4. The van der Waals surface area contributed by atoms with Crippen molar-refractivity contribution in [3.05, 3.63) is 0 Å². The molecule has 6 nitrogen and oxygen atoms in total. The fourth-order valence-electron chi connectivity index (χ4n) is 1.41. The van der Waals surface area contributed by atoms with E-state index in [1.807, 2.05) is 0 Å². The zero-order valence-corrected chi connectivity index (χ0v) is 10.7. The predicted octanol–water partition coefficient (Wildman–Crippen LogP) is 0.00140. The summed E-state index contributed by atoms with van der Waals surface area (Å²) >= 11 is 0. The molecule has 4 N–H and O–H groups in total. The van der Waals surface area contributed by atoms with Crippen LogP contribution in [-0.4, -0.2) is 59.4 Å². The quantitative estimate of drug-likeness (QED) is 0.370. The summed E-state index contributed by atoms with van der Waals surface area (Å²) in [7, 11) is 0. The Bertz CT molecular complexity index is 206. The molecular formula is C12H24O6. The minimum absolute atomic E-state index is 0.117. The van der Waals surface area contributed by atoms with E-state index in [4.69, 9.17) is 25.2 Å². The SMILES string of the molecule is O=C(O)CCCCCCOCC(CO)(CO)CO. The number of ether oxygens (including phenoxy) is 1. The molecule has 0 aliphatic carbocycles. The van der Waals surface area contributed by atoms with Gasteiger partial charge in [0, 0.05) is 13.0 Å². The Balaban J connectivity index is 3.47. The molecule has 0 aromatic carbocycles. The van der Waals surface area contributed by atoms with Crippen LogP contribution in [0.3, 0.4) is 0 Å². The molecule has 0 atom stereocenters. The fraction of sp³-hybridized carbons (Fsp3) is 0.917. The van der Waals surface area contributed by atoms with Crippen molar-refractivity contribution in [2.45, 2.75) is 32.1 Å². The van der Waals surface area contributed by atoms with E-state index in [-0.39, 0.29) is 32.8 Å². The maximum atomic E-state index is 10.2. The van der Waals surface area contributed by atoms with Gasteiger partial charge < -0.3 is 25.2 Å². The first kappa shape index (κ1) is 17.3. The Morgan fingerprint density at radius 2 is 1.50 bits per heavy atom. The molecule has 0 spiro atoms. The molecule has 0 rings (SSSR count). The molecule has 0 amide bonds. The third-order valence-corrected chi connectivity index (χ3v) is 2.84. The number of carbonyl (C=O) groups is 1. The molecule has 0 aliphatic heterocycles. The second-order valence-electron chi connectivity index (χ2n) is 4.58. The number of aliphatic carboxylic acids is 1.